The lowest BCUT2D eigenvalue weighted by molar-refractivity contribution is -0.135. The summed E-state index contributed by atoms with van der Waals surface area (Å²) < 4.78 is 5.21. The number of ether oxygens (including phenoxy) is 1. The van der Waals surface area contributed by atoms with Crippen LogP contribution in [-0.2, 0) is 9.53 Å². The smallest absolute Gasteiger partial charge is 0.251 e. The van der Waals surface area contributed by atoms with Crippen molar-refractivity contribution in [3.8, 4) is 0 Å². The molecule has 5 nitrogen and oxygen atoms in total. The van der Waals surface area contributed by atoms with Gasteiger partial charge < -0.3 is 15.0 Å². The summed E-state index contributed by atoms with van der Waals surface area (Å²) in [6.07, 6.45) is 0.318. The van der Waals surface area contributed by atoms with Crippen LogP contribution >= 0.6 is 0 Å². The standard InChI is InChI=1S/C15H20N2O3/c1-12(11-14(18)17-7-9-20-10-8-17)16-15(19)13-5-3-2-4-6-13/h2-6,12H,7-11H2,1H3,(H,16,19). The predicted octanol–water partition coefficient (Wildman–Crippen LogP) is 1.05. The maximum Gasteiger partial charge on any atom is 0.251 e. The van der Waals surface area contributed by atoms with Crippen molar-refractivity contribution in [1.82, 2.24) is 10.2 Å². The van der Waals surface area contributed by atoms with Gasteiger partial charge in [0.25, 0.3) is 5.91 Å². The van der Waals surface area contributed by atoms with Crippen LogP contribution in [-0.4, -0.2) is 49.1 Å². The zero-order chi connectivity index (χ0) is 14.4. The van der Waals surface area contributed by atoms with Crippen molar-refractivity contribution in [2.75, 3.05) is 26.3 Å². The molecule has 1 aliphatic rings. The molecule has 0 saturated carbocycles. The second-order valence-electron chi connectivity index (χ2n) is 4.94. The highest BCUT2D eigenvalue weighted by Gasteiger charge is 2.20. The van der Waals surface area contributed by atoms with Crippen LogP contribution in [0.5, 0.6) is 0 Å². The SMILES string of the molecule is CC(CC(=O)N1CCOCC1)NC(=O)c1ccccc1. The topological polar surface area (TPSA) is 58.6 Å². The lowest BCUT2D eigenvalue weighted by atomic mass is 10.1. The van der Waals surface area contributed by atoms with Crippen molar-refractivity contribution in [3.05, 3.63) is 35.9 Å². The van der Waals surface area contributed by atoms with E-state index in [2.05, 4.69) is 5.32 Å². The first kappa shape index (κ1) is 14.5. The number of carbonyl (C=O) groups is 2. The van der Waals surface area contributed by atoms with E-state index in [9.17, 15) is 9.59 Å². The first-order chi connectivity index (χ1) is 9.66. The molecule has 1 unspecified atom stereocenters. The van der Waals surface area contributed by atoms with Crippen molar-refractivity contribution in [2.24, 2.45) is 0 Å². The van der Waals surface area contributed by atoms with Gasteiger partial charge in [0.1, 0.15) is 0 Å². The third-order valence-electron chi connectivity index (χ3n) is 3.26. The van der Waals surface area contributed by atoms with E-state index in [1.807, 2.05) is 25.1 Å². The van der Waals surface area contributed by atoms with E-state index >= 15 is 0 Å². The molecule has 0 aliphatic carbocycles. The summed E-state index contributed by atoms with van der Waals surface area (Å²) in [6, 6.07) is 8.83. The predicted molar refractivity (Wildman–Crippen MR) is 75.4 cm³/mol. The summed E-state index contributed by atoms with van der Waals surface area (Å²) >= 11 is 0. The number of morpholine rings is 1. The Kier molecular flexibility index (Phi) is 5.12. The summed E-state index contributed by atoms with van der Waals surface area (Å²) in [5.74, 6) is -0.0814. The van der Waals surface area contributed by atoms with Gasteiger partial charge in [0.15, 0.2) is 0 Å². The maximum absolute atomic E-state index is 12.0. The van der Waals surface area contributed by atoms with Gasteiger partial charge in [-0.1, -0.05) is 18.2 Å². The van der Waals surface area contributed by atoms with Gasteiger partial charge in [-0.3, -0.25) is 9.59 Å². The van der Waals surface area contributed by atoms with Crippen molar-refractivity contribution in [1.29, 1.82) is 0 Å². The van der Waals surface area contributed by atoms with Gasteiger partial charge in [-0.2, -0.15) is 0 Å². The second-order valence-corrected chi connectivity index (χ2v) is 4.94. The van der Waals surface area contributed by atoms with Crippen LogP contribution < -0.4 is 5.32 Å². The summed E-state index contributed by atoms with van der Waals surface area (Å²) in [6.45, 7) is 4.31. The molecule has 0 aromatic heterocycles. The number of carbonyl (C=O) groups excluding carboxylic acids is 2. The summed E-state index contributed by atoms with van der Waals surface area (Å²) in [4.78, 5) is 25.8. The Morgan fingerprint density at radius 2 is 1.90 bits per heavy atom. The molecule has 1 N–H and O–H groups in total. The normalized spacial score (nSPS) is 16.6. The summed E-state index contributed by atoms with van der Waals surface area (Å²) in [5.41, 5.74) is 0.609. The van der Waals surface area contributed by atoms with E-state index < -0.39 is 0 Å². The Balaban J connectivity index is 1.81. The van der Waals surface area contributed by atoms with Crippen LogP contribution in [0.4, 0.5) is 0 Å². The molecule has 1 aromatic carbocycles. The van der Waals surface area contributed by atoms with Gasteiger partial charge >= 0.3 is 0 Å². The molecule has 0 spiro atoms. The second kappa shape index (κ2) is 7.05. The molecule has 2 amide bonds. The molecular formula is C15H20N2O3. The van der Waals surface area contributed by atoms with Crippen LogP contribution in [0.25, 0.3) is 0 Å². The Labute approximate surface area is 118 Å². The van der Waals surface area contributed by atoms with Crippen LogP contribution in [0.2, 0.25) is 0 Å². The molecule has 0 bridgehead atoms. The highest BCUT2D eigenvalue weighted by atomic mass is 16.5. The van der Waals surface area contributed by atoms with Gasteiger partial charge in [0, 0.05) is 31.1 Å². The first-order valence-corrected chi connectivity index (χ1v) is 6.88. The quantitative estimate of drug-likeness (QED) is 0.894. The van der Waals surface area contributed by atoms with Crippen LogP contribution in [0.15, 0.2) is 30.3 Å². The Morgan fingerprint density at radius 1 is 1.25 bits per heavy atom. The molecule has 1 saturated heterocycles. The number of nitrogens with zero attached hydrogens (tertiary/aromatic N) is 1. The molecule has 20 heavy (non-hydrogen) atoms. The number of hydrogen-bond acceptors (Lipinski definition) is 3. The lowest BCUT2D eigenvalue weighted by Crippen LogP contribution is -2.44. The number of benzene rings is 1. The molecule has 0 radical (unpaired) electrons. The van der Waals surface area contributed by atoms with Crippen molar-refractivity contribution < 1.29 is 14.3 Å². The Bertz CT molecular complexity index is 455. The molecule has 108 valence electrons. The van der Waals surface area contributed by atoms with Crippen molar-refractivity contribution in [3.63, 3.8) is 0 Å². The summed E-state index contributed by atoms with van der Waals surface area (Å²) in [5, 5.41) is 2.85. The number of nitrogens with one attached hydrogen (secondary N) is 1. The van der Waals surface area contributed by atoms with Crippen LogP contribution in [0.3, 0.4) is 0 Å². The first-order valence-electron chi connectivity index (χ1n) is 6.88. The van der Waals surface area contributed by atoms with Crippen molar-refractivity contribution >= 4 is 11.8 Å². The van der Waals surface area contributed by atoms with E-state index in [4.69, 9.17) is 4.74 Å². The third kappa shape index (κ3) is 4.06. The van der Waals surface area contributed by atoms with Gasteiger partial charge in [0.05, 0.1) is 13.2 Å². The highest BCUT2D eigenvalue weighted by molar-refractivity contribution is 5.94. The minimum atomic E-state index is -0.182. The van der Waals surface area contributed by atoms with E-state index in [1.54, 1.807) is 17.0 Å². The minimum absolute atomic E-state index is 0.0640. The Hall–Kier alpha value is -1.88. The Morgan fingerprint density at radius 3 is 2.55 bits per heavy atom. The fourth-order valence-electron chi connectivity index (χ4n) is 2.15. The zero-order valence-corrected chi connectivity index (χ0v) is 11.7. The van der Waals surface area contributed by atoms with Crippen LogP contribution in [0, 0.1) is 0 Å². The molecule has 1 aromatic rings. The van der Waals surface area contributed by atoms with E-state index in [1.165, 1.54) is 0 Å². The fraction of sp³-hybridized carbons (Fsp3) is 0.467. The number of rotatable bonds is 4. The van der Waals surface area contributed by atoms with Gasteiger partial charge in [0.2, 0.25) is 5.91 Å². The number of hydrogen-bond donors (Lipinski definition) is 1. The lowest BCUT2D eigenvalue weighted by Gasteiger charge is -2.28. The molecule has 1 heterocycles. The van der Waals surface area contributed by atoms with Gasteiger partial charge in [-0.25, -0.2) is 0 Å². The van der Waals surface area contributed by atoms with Gasteiger partial charge in [-0.05, 0) is 19.1 Å². The molecule has 1 fully saturated rings. The highest BCUT2D eigenvalue weighted by Crippen LogP contribution is 2.04. The van der Waals surface area contributed by atoms with E-state index in [0.717, 1.165) is 0 Å². The number of amides is 2. The average Bonchev–Trinajstić information content (AvgIpc) is 2.49. The third-order valence-corrected chi connectivity index (χ3v) is 3.26. The van der Waals surface area contributed by atoms with Crippen LogP contribution in [0.1, 0.15) is 23.7 Å². The summed E-state index contributed by atoms with van der Waals surface area (Å²) in [7, 11) is 0. The fourth-order valence-corrected chi connectivity index (χ4v) is 2.15. The zero-order valence-electron chi connectivity index (χ0n) is 11.7. The molecule has 1 aliphatic heterocycles. The van der Waals surface area contributed by atoms with E-state index in [-0.39, 0.29) is 17.9 Å². The van der Waals surface area contributed by atoms with E-state index in [0.29, 0.717) is 38.3 Å². The maximum atomic E-state index is 12.0. The van der Waals surface area contributed by atoms with Crippen molar-refractivity contribution in [2.45, 2.75) is 19.4 Å². The van der Waals surface area contributed by atoms with Gasteiger partial charge in [-0.15, -0.1) is 0 Å². The largest absolute Gasteiger partial charge is 0.378 e. The average molecular weight is 276 g/mol. The molecule has 2 rings (SSSR count). The molecule has 1 atom stereocenters. The molecular weight excluding hydrogens is 256 g/mol. The minimum Gasteiger partial charge on any atom is -0.378 e. The molecule has 5 heteroatoms. The monoisotopic (exact) mass is 276 g/mol.